The minimum atomic E-state index is -0.255. The minimum Gasteiger partial charge on any atom is -0.370 e. The molecule has 1 heterocycles. The summed E-state index contributed by atoms with van der Waals surface area (Å²) in [5.41, 5.74) is 4.44. The maximum absolute atomic E-state index is 12.9. The van der Waals surface area contributed by atoms with Crippen LogP contribution in [-0.2, 0) is 4.74 Å². The number of halogens is 1. The van der Waals surface area contributed by atoms with Crippen molar-refractivity contribution in [2.75, 3.05) is 39.4 Å². The fourth-order valence-electron chi connectivity index (χ4n) is 2.38. The van der Waals surface area contributed by atoms with Gasteiger partial charge in [0.25, 0.3) is 0 Å². The lowest BCUT2D eigenvalue weighted by atomic mass is 10.1. The third kappa shape index (κ3) is 6.60. The third-order valence-corrected chi connectivity index (χ3v) is 4.02. The summed E-state index contributed by atoms with van der Waals surface area (Å²) in [7, 11) is 0. The van der Waals surface area contributed by atoms with E-state index in [1.165, 1.54) is 12.1 Å². The van der Waals surface area contributed by atoms with Crippen LogP contribution in [-0.4, -0.2) is 50.2 Å². The van der Waals surface area contributed by atoms with Crippen molar-refractivity contribution in [1.82, 2.24) is 10.7 Å². The molecule has 23 heavy (non-hydrogen) atoms. The van der Waals surface area contributed by atoms with E-state index in [1.54, 1.807) is 17.0 Å². The highest BCUT2D eigenvalue weighted by atomic mass is 32.1. The van der Waals surface area contributed by atoms with Gasteiger partial charge in [-0.25, -0.2) is 4.39 Å². The molecular formula is C16H24FN4OS+. The van der Waals surface area contributed by atoms with Gasteiger partial charge in [-0.3, -0.25) is 5.43 Å². The van der Waals surface area contributed by atoms with Gasteiger partial charge in [-0.05, 0) is 36.8 Å². The van der Waals surface area contributed by atoms with Gasteiger partial charge in [-0.1, -0.05) is 12.1 Å². The van der Waals surface area contributed by atoms with E-state index in [-0.39, 0.29) is 5.82 Å². The summed E-state index contributed by atoms with van der Waals surface area (Å²) in [6.45, 7) is 7.69. The van der Waals surface area contributed by atoms with Crippen LogP contribution in [0, 0.1) is 5.82 Å². The van der Waals surface area contributed by atoms with Crippen molar-refractivity contribution in [3.05, 3.63) is 35.6 Å². The normalized spacial score (nSPS) is 16.2. The van der Waals surface area contributed by atoms with Crippen LogP contribution in [0.25, 0.3) is 0 Å². The van der Waals surface area contributed by atoms with E-state index in [2.05, 4.69) is 15.8 Å². The molecule has 1 aliphatic heterocycles. The highest BCUT2D eigenvalue weighted by Gasteiger charge is 2.12. The molecule has 0 radical (unpaired) electrons. The Morgan fingerprint density at radius 1 is 1.30 bits per heavy atom. The first-order valence-electron chi connectivity index (χ1n) is 7.90. The first-order chi connectivity index (χ1) is 11.1. The molecule has 0 bridgehead atoms. The first-order valence-corrected chi connectivity index (χ1v) is 8.31. The molecule has 1 aromatic carbocycles. The smallest absolute Gasteiger partial charge is 0.186 e. The monoisotopic (exact) mass is 339 g/mol. The van der Waals surface area contributed by atoms with Crippen LogP contribution >= 0.6 is 12.2 Å². The molecule has 0 amide bonds. The number of benzene rings is 1. The summed E-state index contributed by atoms with van der Waals surface area (Å²) in [5.74, 6) is -0.255. The van der Waals surface area contributed by atoms with Crippen LogP contribution in [0.5, 0.6) is 0 Å². The van der Waals surface area contributed by atoms with E-state index in [1.807, 2.05) is 6.92 Å². The van der Waals surface area contributed by atoms with Crippen LogP contribution in [0.1, 0.15) is 18.9 Å². The van der Waals surface area contributed by atoms with E-state index < -0.39 is 0 Å². The quantitative estimate of drug-likeness (QED) is 0.302. The summed E-state index contributed by atoms with van der Waals surface area (Å²) < 4.78 is 18.2. The number of morpholine rings is 1. The molecule has 0 spiro atoms. The molecule has 1 aliphatic rings. The van der Waals surface area contributed by atoms with Gasteiger partial charge in [0.15, 0.2) is 5.11 Å². The molecule has 0 unspecified atom stereocenters. The lowest BCUT2D eigenvalue weighted by Crippen LogP contribution is -3.14. The predicted octanol–water partition coefficient (Wildman–Crippen LogP) is 0.319. The molecule has 1 saturated heterocycles. The Kier molecular flexibility index (Phi) is 7.38. The van der Waals surface area contributed by atoms with Crippen LogP contribution in [0.3, 0.4) is 0 Å². The highest BCUT2D eigenvalue weighted by Crippen LogP contribution is 2.03. The number of hydrazone groups is 1. The Morgan fingerprint density at radius 3 is 2.70 bits per heavy atom. The second-order valence-corrected chi connectivity index (χ2v) is 5.95. The van der Waals surface area contributed by atoms with Crippen molar-refractivity contribution in [2.24, 2.45) is 5.10 Å². The Labute approximate surface area is 141 Å². The second kappa shape index (κ2) is 9.54. The molecule has 0 aromatic heterocycles. The summed E-state index contributed by atoms with van der Waals surface area (Å²) in [5, 5.41) is 7.86. The van der Waals surface area contributed by atoms with Crippen molar-refractivity contribution in [2.45, 2.75) is 13.3 Å². The zero-order chi connectivity index (χ0) is 16.5. The van der Waals surface area contributed by atoms with Crippen molar-refractivity contribution in [3.63, 3.8) is 0 Å². The second-order valence-electron chi connectivity index (χ2n) is 5.54. The lowest BCUT2D eigenvalue weighted by Gasteiger charge is -2.23. The lowest BCUT2D eigenvalue weighted by molar-refractivity contribution is -0.908. The Bertz CT molecular complexity index is 529. The number of nitrogens with zero attached hydrogens (tertiary/aromatic N) is 1. The molecule has 3 N–H and O–H groups in total. The zero-order valence-electron chi connectivity index (χ0n) is 13.4. The molecule has 5 nitrogen and oxygen atoms in total. The Morgan fingerprint density at radius 2 is 2.00 bits per heavy atom. The van der Waals surface area contributed by atoms with Gasteiger partial charge in [-0.15, -0.1) is 0 Å². The van der Waals surface area contributed by atoms with E-state index in [9.17, 15) is 4.39 Å². The average Bonchev–Trinajstić information content (AvgIpc) is 2.58. The molecule has 0 atom stereocenters. The Balaban J connectivity index is 1.64. The summed E-state index contributed by atoms with van der Waals surface area (Å²) in [6, 6.07) is 6.21. The van der Waals surface area contributed by atoms with E-state index in [0.29, 0.717) is 5.11 Å². The molecule has 2 rings (SSSR count). The number of hydrogen-bond acceptors (Lipinski definition) is 3. The fourth-order valence-corrected chi connectivity index (χ4v) is 2.53. The fraction of sp³-hybridized carbons (Fsp3) is 0.500. The molecule has 1 aromatic rings. The van der Waals surface area contributed by atoms with Crippen molar-refractivity contribution in [1.29, 1.82) is 0 Å². The Hall–Kier alpha value is -1.57. The van der Waals surface area contributed by atoms with Gasteiger partial charge in [0, 0.05) is 13.0 Å². The highest BCUT2D eigenvalue weighted by molar-refractivity contribution is 7.80. The average molecular weight is 339 g/mol. The maximum atomic E-state index is 12.9. The van der Waals surface area contributed by atoms with Crippen LogP contribution in [0.15, 0.2) is 29.4 Å². The minimum absolute atomic E-state index is 0.255. The molecule has 1 fully saturated rings. The molecule has 126 valence electrons. The van der Waals surface area contributed by atoms with Gasteiger partial charge in [0.1, 0.15) is 18.9 Å². The standard InChI is InChI=1S/C16H23FN4OS/c1-13(14-3-5-15(17)6-4-14)19-20-16(23)18-7-2-8-21-9-11-22-12-10-21/h3-6H,2,7-12H2,1H3,(H2,18,20,23)/p+1/b19-13-. The van der Waals surface area contributed by atoms with Crippen LogP contribution in [0.2, 0.25) is 0 Å². The molecule has 0 aliphatic carbocycles. The van der Waals surface area contributed by atoms with Gasteiger partial charge in [0.05, 0.1) is 25.5 Å². The predicted molar refractivity (Wildman–Crippen MR) is 93.3 cm³/mol. The summed E-state index contributed by atoms with van der Waals surface area (Å²) in [4.78, 5) is 1.59. The number of rotatable bonds is 6. The van der Waals surface area contributed by atoms with E-state index in [4.69, 9.17) is 17.0 Å². The van der Waals surface area contributed by atoms with Gasteiger partial charge < -0.3 is 15.0 Å². The summed E-state index contributed by atoms with van der Waals surface area (Å²) in [6.07, 6.45) is 1.05. The molecular weight excluding hydrogens is 315 g/mol. The largest absolute Gasteiger partial charge is 0.370 e. The summed E-state index contributed by atoms with van der Waals surface area (Å²) >= 11 is 5.20. The van der Waals surface area contributed by atoms with Crippen molar-refractivity contribution in [3.8, 4) is 0 Å². The first kappa shape index (κ1) is 17.8. The van der Waals surface area contributed by atoms with E-state index >= 15 is 0 Å². The SMILES string of the molecule is C/C(=N/NC(=S)NCCC[NH+]1CCOCC1)c1ccc(F)cc1. The van der Waals surface area contributed by atoms with Crippen molar-refractivity contribution >= 4 is 23.0 Å². The van der Waals surface area contributed by atoms with Gasteiger partial charge in [0.2, 0.25) is 0 Å². The van der Waals surface area contributed by atoms with E-state index in [0.717, 1.165) is 57.1 Å². The van der Waals surface area contributed by atoms with Gasteiger partial charge in [-0.2, -0.15) is 5.10 Å². The molecule has 7 heteroatoms. The van der Waals surface area contributed by atoms with Crippen LogP contribution < -0.4 is 15.6 Å². The van der Waals surface area contributed by atoms with Crippen LogP contribution in [0.4, 0.5) is 4.39 Å². The number of nitrogens with one attached hydrogen (secondary N) is 3. The zero-order valence-corrected chi connectivity index (χ0v) is 14.2. The third-order valence-electron chi connectivity index (χ3n) is 3.78. The maximum Gasteiger partial charge on any atom is 0.186 e. The van der Waals surface area contributed by atoms with Crippen molar-refractivity contribution < 1.29 is 14.0 Å². The topological polar surface area (TPSA) is 50.1 Å². The number of ether oxygens (including phenoxy) is 1. The number of thiocarbonyl (C=S) groups is 1. The number of quaternary nitrogens is 1. The van der Waals surface area contributed by atoms with Gasteiger partial charge >= 0.3 is 0 Å². The number of hydrogen-bond donors (Lipinski definition) is 3. The molecule has 0 saturated carbocycles.